The Hall–Kier alpha value is -3.33. The van der Waals surface area contributed by atoms with Gasteiger partial charge in [-0.15, -0.1) is 0 Å². The van der Waals surface area contributed by atoms with E-state index in [-0.39, 0.29) is 5.91 Å². The molecule has 0 fully saturated rings. The van der Waals surface area contributed by atoms with E-state index in [2.05, 4.69) is 38.1 Å². The predicted octanol–water partition coefficient (Wildman–Crippen LogP) is 5.86. The molecule has 0 heterocycles. The van der Waals surface area contributed by atoms with Crippen LogP contribution in [0, 0.1) is 13.8 Å². The Bertz CT molecular complexity index is 984. The zero-order chi connectivity index (χ0) is 20.8. The molecule has 0 aliphatic heterocycles. The quantitative estimate of drug-likeness (QED) is 0.498. The van der Waals surface area contributed by atoms with Crippen LogP contribution in [0.3, 0.4) is 0 Å². The number of hydrogen-bond donors (Lipinski definition) is 0. The summed E-state index contributed by atoms with van der Waals surface area (Å²) in [5.41, 5.74) is 6.39. The maximum Gasteiger partial charge on any atom is 0.224 e. The van der Waals surface area contributed by atoms with Crippen LogP contribution in [0.4, 0.5) is 0 Å². The number of hydrogen-bond acceptors (Lipinski definition) is 2. The van der Waals surface area contributed by atoms with Crippen LogP contribution >= 0.6 is 0 Å². The summed E-state index contributed by atoms with van der Waals surface area (Å²) in [6.07, 6.45) is 2.09. The van der Waals surface area contributed by atoms with Gasteiger partial charge in [-0.05, 0) is 60.9 Å². The maximum absolute atomic E-state index is 12.7. The smallest absolute Gasteiger partial charge is 0.224 e. The monoisotopic (exact) mass is 385 g/mol. The molecule has 0 radical (unpaired) electrons. The molecule has 0 aliphatic carbocycles. The van der Waals surface area contributed by atoms with Gasteiger partial charge in [0.1, 0.15) is 5.75 Å². The Morgan fingerprint density at radius 1 is 0.931 bits per heavy atom. The number of ether oxygens (including phenoxy) is 1. The number of nitrogens with zero attached hydrogens (tertiary/aromatic N) is 1. The summed E-state index contributed by atoms with van der Waals surface area (Å²) in [6, 6.07) is 24.3. The normalized spacial score (nSPS) is 11.2. The first-order valence-corrected chi connectivity index (χ1v) is 9.72. The van der Waals surface area contributed by atoms with Gasteiger partial charge in [-0.3, -0.25) is 4.79 Å². The lowest BCUT2D eigenvalue weighted by Gasteiger charge is -2.25. The largest absolute Gasteiger partial charge is 0.497 e. The van der Waals surface area contributed by atoms with Crippen LogP contribution in [-0.2, 0) is 11.3 Å². The van der Waals surface area contributed by atoms with Crippen molar-refractivity contribution < 1.29 is 9.53 Å². The molecule has 3 aromatic rings. The molecule has 0 saturated heterocycles. The lowest BCUT2D eigenvalue weighted by atomic mass is 10.0. The summed E-state index contributed by atoms with van der Waals surface area (Å²) in [5, 5.41) is 0. The highest BCUT2D eigenvalue weighted by molar-refractivity contribution is 5.91. The van der Waals surface area contributed by atoms with Crippen molar-refractivity contribution in [1.29, 1.82) is 0 Å². The van der Waals surface area contributed by atoms with E-state index >= 15 is 0 Å². The summed E-state index contributed by atoms with van der Waals surface area (Å²) in [7, 11) is 1.65. The van der Waals surface area contributed by atoms with Crippen LogP contribution in [-0.4, -0.2) is 17.9 Å². The Labute approximate surface area is 173 Å². The lowest BCUT2D eigenvalue weighted by molar-refractivity contribution is -0.126. The van der Waals surface area contributed by atoms with Crippen LogP contribution in [0.15, 0.2) is 72.8 Å². The number of benzene rings is 3. The van der Waals surface area contributed by atoms with E-state index in [0.717, 1.165) is 28.1 Å². The standard InChI is InChI=1S/C26H27NO2/c1-19-14-20(2)16-23(15-19)17-26(24-10-12-25(29-4)13-11-24)27(21(3)28)18-22-8-6-5-7-9-22/h5-17H,18H2,1-4H3/b26-17-. The van der Waals surface area contributed by atoms with Crippen molar-refractivity contribution >= 4 is 17.7 Å². The predicted molar refractivity (Wildman–Crippen MR) is 119 cm³/mol. The van der Waals surface area contributed by atoms with E-state index in [4.69, 9.17) is 4.74 Å². The summed E-state index contributed by atoms with van der Waals surface area (Å²) in [4.78, 5) is 14.5. The first-order chi connectivity index (χ1) is 14.0. The van der Waals surface area contributed by atoms with Crippen molar-refractivity contribution in [2.24, 2.45) is 0 Å². The van der Waals surface area contributed by atoms with Crippen LogP contribution in [0.2, 0.25) is 0 Å². The van der Waals surface area contributed by atoms with E-state index in [1.807, 2.05) is 59.5 Å². The second-order valence-corrected chi connectivity index (χ2v) is 7.27. The molecule has 0 saturated carbocycles. The molecule has 0 bridgehead atoms. The summed E-state index contributed by atoms with van der Waals surface area (Å²) < 4.78 is 5.30. The van der Waals surface area contributed by atoms with Gasteiger partial charge in [0.05, 0.1) is 19.4 Å². The molecule has 3 rings (SSSR count). The van der Waals surface area contributed by atoms with Crippen molar-refractivity contribution in [3.8, 4) is 5.75 Å². The highest BCUT2D eigenvalue weighted by Crippen LogP contribution is 2.27. The van der Waals surface area contributed by atoms with E-state index in [1.54, 1.807) is 14.0 Å². The molecule has 0 N–H and O–H groups in total. The fourth-order valence-corrected chi connectivity index (χ4v) is 3.46. The minimum Gasteiger partial charge on any atom is -0.497 e. The van der Waals surface area contributed by atoms with Gasteiger partial charge in [0.15, 0.2) is 0 Å². The first-order valence-electron chi connectivity index (χ1n) is 9.72. The Morgan fingerprint density at radius 3 is 2.10 bits per heavy atom. The highest BCUT2D eigenvalue weighted by atomic mass is 16.5. The van der Waals surface area contributed by atoms with E-state index in [9.17, 15) is 4.79 Å². The summed E-state index contributed by atoms with van der Waals surface area (Å²) >= 11 is 0. The number of aryl methyl sites for hydroxylation is 2. The molecule has 0 unspecified atom stereocenters. The minimum atomic E-state index is 0.000274. The van der Waals surface area contributed by atoms with Crippen molar-refractivity contribution in [1.82, 2.24) is 4.90 Å². The Morgan fingerprint density at radius 2 is 1.55 bits per heavy atom. The Kier molecular flexibility index (Phi) is 6.50. The number of rotatable bonds is 6. The van der Waals surface area contributed by atoms with Crippen molar-refractivity contribution in [3.63, 3.8) is 0 Å². The second-order valence-electron chi connectivity index (χ2n) is 7.27. The van der Waals surface area contributed by atoms with Crippen LogP contribution in [0.5, 0.6) is 5.75 Å². The van der Waals surface area contributed by atoms with Crippen LogP contribution < -0.4 is 4.74 Å². The minimum absolute atomic E-state index is 0.000274. The van der Waals surface area contributed by atoms with Gasteiger partial charge in [-0.1, -0.05) is 59.7 Å². The van der Waals surface area contributed by atoms with Crippen LogP contribution in [0.1, 0.15) is 34.7 Å². The molecule has 29 heavy (non-hydrogen) atoms. The number of carbonyl (C=O) groups excluding carboxylic acids is 1. The van der Waals surface area contributed by atoms with E-state index in [0.29, 0.717) is 6.54 Å². The lowest BCUT2D eigenvalue weighted by Crippen LogP contribution is -2.26. The topological polar surface area (TPSA) is 29.5 Å². The molecule has 0 spiro atoms. The van der Waals surface area contributed by atoms with Gasteiger partial charge >= 0.3 is 0 Å². The summed E-state index contributed by atoms with van der Waals surface area (Å²) in [5.74, 6) is 0.789. The molecule has 0 aliphatic rings. The third kappa shape index (κ3) is 5.35. The molecular formula is C26H27NO2. The van der Waals surface area contributed by atoms with E-state index in [1.165, 1.54) is 11.1 Å². The van der Waals surface area contributed by atoms with Crippen molar-refractivity contribution in [3.05, 3.63) is 101 Å². The molecule has 0 aromatic heterocycles. The zero-order valence-corrected chi connectivity index (χ0v) is 17.5. The summed E-state index contributed by atoms with van der Waals surface area (Å²) in [6.45, 7) is 6.30. The first kappa shape index (κ1) is 20.4. The van der Waals surface area contributed by atoms with Gasteiger partial charge in [0.25, 0.3) is 0 Å². The average Bonchev–Trinajstić information content (AvgIpc) is 2.70. The molecular weight excluding hydrogens is 358 g/mol. The number of methoxy groups -OCH3 is 1. The maximum atomic E-state index is 12.7. The molecule has 148 valence electrons. The van der Waals surface area contributed by atoms with Gasteiger partial charge in [-0.2, -0.15) is 0 Å². The molecule has 3 heteroatoms. The second kappa shape index (κ2) is 9.24. The van der Waals surface area contributed by atoms with Crippen molar-refractivity contribution in [2.45, 2.75) is 27.3 Å². The fourth-order valence-electron chi connectivity index (χ4n) is 3.46. The SMILES string of the molecule is COc1ccc(/C(=C/c2cc(C)cc(C)c2)N(Cc2ccccc2)C(C)=O)cc1. The van der Waals surface area contributed by atoms with Gasteiger partial charge in [0.2, 0.25) is 5.91 Å². The third-order valence-electron chi connectivity index (χ3n) is 4.79. The zero-order valence-electron chi connectivity index (χ0n) is 17.5. The van der Waals surface area contributed by atoms with Gasteiger partial charge < -0.3 is 9.64 Å². The Balaban J connectivity index is 2.11. The number of carbonyl (C=O) groups is 1. The van der Waals surface area contributed by atoms with Crippen molar-refractivity contribution in [2.75, 3.05) is 7.11 Å². The molecule has 0 atom stereocenters. The average molecular weight is 386 g/mol. The molecule has 3 aromatic carbocycles. The number of amides is 1. The van der Waals surface area contributed by atoms with Crippen LogP contribution in [0.25, 0.3) is 11.8 Å². The van der Waals surface area contributed by atoms with E-state index < -0.39 is 0 Å². The fraction of sp³-hybridized carbons (Fsp3) is 0.192. The van der Waals surface area contributed by atoms with Gasteiger partial charge in [-0.25, -0.2) is 0 Å². The third-order valence-corrected chi connectivity index (χ3v) is 4.79. The highest BCUT2D eigenvalue weighted by Gasteiger charge is 2.17. The molecule has 1 amide bonds. The van der Waals surface area contributed by atoms with Gasteiger partial charge in [0, 0.05) is 6.92 Å². The molecule has 3 nitrogen and oxygen atoms in total.